The molecule has 3 rings (SSSR count). The lowest BCUT2D eigenvalue weighted by Crippen LogP contribution is -2.28. The largest absolute Gasteiger partial charge is 0.369 e. The van der Waals surface area contributed by atoms with Gasteiger partial charge >= 0.3 is 0 Å². The SMILES string of the molecule is CC(CCC(=O)Nc1ccc(-c2cc(F)cc(F)c2)cc1)CC1CCC(C(N)=O)CC1. The summed E-state index contributed by atoms with van der Waals surface area (Å²) in [4.78, 5) is 23.6. The monoisotopic (exact) mass is 428 g/mol. The first-order valence-electron chi connectivity index (χ1n) is 11.0. The van der Waals surface area contributed by atoms with Crippen molar-refractivity contribution in [1.29, 1.82) is 0 Å². The third-order valence-electron chi connectivity index (χ3n) is 6.21. The van der Waals surface area contributed by atoms with Gasteiger partial charge in [-0.25, -0.2) is 8.78 Å². The Labute approximate surface area is 182 Å². The van der Waals surface area contributed by atoms with Crippen LogP contribution in [0.15, 0.2) is 42.5 Å². The molecular formula is C25H30F2N2O2. The fourth-order valence-corrected chi connectivity index (χ4v) is 4.44. The molecule has 1 aliphatic rings. The maximum atomic E-state index is 13.4. The number of amides is 2. The van der Waals surface area contributed by atoms with Crippen LogP contribution in [-0.2, 0) is 9.59 Å². The molecule has 0 bridgehead atoms. The van der Waals surface area contributed by atoms with Crippen molar-refractivity contribution in [3.05, 3.63) is 54.1 Å². The van der Waals surface area contributed by atoms with Crippen molar-refractivity contribution >= 4 is 17.5 Å². The molecule has 4 nitrogen and oxygen atoms in total. The second kappa shape index (κ2) is 10.5. The van der Waals surface area contributed by atoms with Crippen molar-refractivity contribution in [2.75, 3.05) is 5.32 Å². The summed E-state index contributed by atoms with van der Waals surface area (Å²) in [7, 11) is 0. The highest BCUT2D eigenvalue weighted by molar-refractivity contribution is 5.91. The van der Waals surface area contributed by atoms with Gasteiger partial charge < -0.3 is 11.1 Å². The summed E-state index contributed by atoms with van der Waals surface area (Å²) in [5.74, 6) is -0.401. The van der Waals surface area contributed by atoms with Crippen molar-refractivity contribution < 1.29 is 18.4 Å². The molecule has 0 heterocycles. The molecule has 0 aromatic heterocycles. The predicted molar refractivity (Wildman–Crippen MR) is 118 cm³/mol. The van der Waals surface area contributed by atoms with E-state index in [9.17, 15) is 18.4 Å². The molecule has 0 aliphatic heterocycles. The second-order valence-electron chi connectivity index (χ2n) is 8.78. The van der Waals surface area contributed by atoms with Crippen molar-refractivity contribution in [2.24, 2.45) is 23.5 Å². The van der Waals surface area contributed by atoms with Crippen molar-refractivity contribution in [3.63, 3.8) is 0 Å². The lowest BCUT2D eigenvalue weighted by molar-refractivity contribution is -0.123. The highest BCUT2D eigenvalue weighted by Crippen LogP contribution is 2.33. The zero-order valence-electron chi connectivity index (χ0n) is 17.9. The number of carbonyl (C=O) groups is 2. The van der Waals surface area contributed by atoms with Crippen molar-refractivity contribution in [2.45, 2.75) is 51.9 Å². The maximum Gasteiger partial charge on any atom is 0.224 e. The number of primary amides is 1. The van der Waals surface area contributed by atoms with Crippen molar-refractivity contribution in [1.82, 2.24) is 0 Å². The van der Waals surface area contributed by atoms with Crippen LogP contribution in [0.3, 0.4) is 0 Å². The summed E-state index contributed by atoms with van der Waals surface area (Å²) in [6, 6.07) is 10.3. The van der Waals surface area contributed by atoms with Gasteiger partial charge in [0.05, 0.1) is 0 Å². The topological polar surface area (TPSA) is 72.2 Å². The Balaban J connectivity index is 1.43. The minimum absolute atomic E-state index is 0.0312. The van der Waals surface area contributed by atoms with Crippen LogP contribution in [0.1, 0.15) is 51.9 Å². The van der Waals surface area contributed by atoms with E-state index in [0.29, 0.717) is 35.1 Å². The zero-order valence-corrected chi connectivity index (χ0v) is 17.9. The fraction of sp³-hybridized carbons (Fsp3) is 0.440. The molecular weight excluding hydrogens is 398 g/mol. The quantitative estimate of drug-likeness (QED) is 0.569. The number of nitrogens with two attached hydrogens (primary N) is 1. The lowest BCUT2D eigenvalue weighted by atomic mass is 9.77. The third-order valence-corrected chi connectivity index (χ3v) is 6.21. The van der Waals surface area contributed by atoms with Crippen LogP contribution in [0.25, 0.3) is 11.1 Å². The molecule has 0 spiro atoms. The van der Waals surface area contributed by atoms with Crippen LogP contribution in [0.2, 0.25) is 0 Å². The van der Waals surface area contributed by atoms with Gasteiger partial charge in [0.1, 0.15) is 11.6 Å². The summed E-state index contributed by atoms with van der Waals surface area (Å²) in [6.45, 7) is 2.17. The summed E-state index contributed by atoms with van der Waals surface area (Å²) < 4.78 is 26.8. The molecule has 0 saturated heterocycles. The molecule has 1 unspecified atom stereocenters. The van der Waals surface area contributed by atoms with E-state index >= 15 is 0 Å². The summed E-state index contributed by atoms with van der Waals surface area (Å²) in [5.41, 5.74) is 7.18. The van der Waals surface area contributed by atoms with E-state index in [1.165, 1.54) is 12.1 Å². The van der Waals surface area contributed by atoms with Crippen LogP contribution in [0.5, 0.6) is 0 Å². The number of benzene rings is 2. The van der Waals surface area contributed by atoms with Crippen LogP contribution in [0.4, 0.5) is 14.5 Å². The van der Waals surface area contributed by atoms with E-state index < -0.39 is 11.6 Å². The van der Waals surface area contributed by atoms with E-state index in [-0.39, 0.29) is 17.7 Å². The smallest absolute Gasteiger partial charge is 0.224 e. The Bertz CT molecular complexity index is 886. The summed E-state index contributed by atoms with van der Waals surface area (Å²) in [6.07, 6.45) is 6.14. The normalized spacial score (nSPS) is 19.6. The van der Waals surface area contributed by atoms with E-state index in [1.807, 2.05) is 0 Å². The predicted octanol–water partition coefficient (Wildman–Crippen LogP) is 5.67. The van der Waals surface area contributed by atoms with Gasteiger partial charge in [0, 0.05) is 24.1 Å². The van der Waals surface area contributed by atoms with Gasteiger partial charge in [-0.3, -0.25) is 9.59 Å². The van der Waals surface area contributed by atoms with Gasteiger partial charge in [-0.1, -0.05) is 19.1 Å². The zero-order chi connectivity index (χ0) is 22.4. The molecule has 2 aromatic rings. The van der Waals surface area contributed by atoms with Crippen LogP contribution in [-0.4, -0.2) is 11.8 Å². The van der Waals surface area contributed by atoms with Gasteiger partial charge in [0.15, 0.2) is 0 Å². The standard InChI is InChI=1S/C25H30F2N2O2/c1-16(12-17-3-5-19(6-4-17)25(28)31)2-11-24(30)29-23-9-7-18(8-10-23)20-13-21(26)15-22(27)14-20/h7-10,13-17,19H,2-6,11-12H2,1H3,(H2,28,31)(H,29,30). The number of rotatable bonds is 8. The third kappa shape index (κ3) is 6.88. The second-order valence-corrected chi connectivity index (χ2v) is 8.78. The van der Waals surface area contributed by atoms with Crippen LogP contribution < -0.4 is 11.1 Å². The van der Waals surface area contributed by atoms with E-state index in [0.717, 1.165) is 44.6 Å². The minimum Gasteiger partial charge on any atom is -0.369 e. The van der Waals surface area contributed by atoms with E-state index in [4.69, 9.17) is 5.73 Å². The molecule has 1 aliphatic carbocycles. The first kappa shape index (κ1) is 22.9. The number of hydrogen-bond donors (Lipinski definition) is 2. The van der Waals surface area contributed by atoms with Crippen molar-refractivity contribution in [3.8, 4) is 11.1 Å². The Morgan fingerprint density at radius 2 is 1.61 bits per heavy atom. The first-order chi connectivity index (χ1) is 14.8. The van der Waals surface area contributed by atoms with Gasteiger partial charge in [-0.2, -0.15) is 0 Å². The molecule has 31 heavy (non-hydrogen) atoms. The van der Waals surface area contributed by atoms with Gasteiger partial charge in [0.2, 0.25) is 11.8 Å². The molecule has 166 valence electrons. The summed E-state index contributed by atoms with van der Waals surface area (Å²) in [5, 5.41) is 2.88. The molecule has 3 N–H and O–H groups in total. The highest BCUT2D eigenvalue weighted by Gasteiger charge is 2.25. The number of anilines is 1. The molecule has 6 heteroatoms. The molecule has 0 radical (unpaired) electrons. The van der Waals surface area contributed by atoms with Crippen LogP contribution >= 0.6 is 0 Å². The highest BCUT2D eigenvalue weighted by atomic mass is 19.1. The molecule has 2 aromatic carbocycles. The number of nitrogens with one attached hydrogen (secondary N) is 1. The molecule has 1 fully saturated rings. The van der Waals surface area contributed by atoms with Gasteiger partial charge in [-0.05, 0) is 85.8 Å². The summed E-state index contributed by atoms with van der Waals surface area (Å²) >= 11 is 0. The fourth-order valence-electron chi connectivity index (χ4n) is 4.44. The van der Waals surface area contributed by atoms with E-state index in [1.54, 1.807) is 24.3 Å². The minimum atomic E-state index is -0.623. The lowest BCUT2D eigenvalue weighted by Gasteiger charge is -2.28. The average Bonchev–Trinajstić information content (AvgIpc) is 2.72. The number of halogens is 2. The van der Waals surface area contributed by atoms with Gasteiger partial charge in [-0.15, -0.1) is 0 Å². The Morgan fingerprint density at radius 3 is 2.19 bits per heavy atom. The number of carbonyl (C=O) groups excluding carboxylic acids is 2. The number of hydrogen-bond acceptors (Lipinski definition) is 2. The van der Waals surface area contributed by atoms with Gasteiger partial charge in [0.25, 0.3) is 0 Å². The van der Waals surface area contributed by atoms with Crippen LogP contribution in [0, 0.1) is 29.4 Å². The first-order valence-corrected chi connectivity index (χ1v) is 11.0. The van der Waals surface area contributed by atoms with E-state index in [2.05, 4.69) is 12.2 Å². The Kier molecular flexibility index (Phi) is 7.77. The maximum absolute atomic E-state index is 13.4. The molecule has 2 amide bonds. The Hall–Kier alpha value is -2.76. The molecule has 1 saturated carbocycles. The Morgan fingerprint density at radius 1 is 1.00 bits per heavy atom. The average molecular weight is 429 g/mol. The molecule has 1 atom stereocenters.